The van der Waals surface area contributed by atoms with Crippen molar-refractivity contribution in [3.8, 4) is 0 Å². The van der Waals surface area contributed by atoms with Gasteiger partial charge in [0, 0.05) is 21.5 Å². The zero-order chi connectivity index (χ0) is 13.6. The summed E-state index contributed by atoms with van der Waals surface area (Å²) in [5.41, 5.74) is 1.36. The minimum atomic E-state index is -1.52. The molecule has 4 nitrogen and oxygen atoms in total. The average Bonchev–Trinajstić information content (AvgIpc) is 3.10. The highest BCUT2D eigenvalue weighted by atomic mass is 35.5. The van der Waals surface area contributed by atoms with Gasteiger partial charge in [0.2, 0.25) is 0 Å². The molecule has 1 unspecified atom stereocenters. The molecule has 2 aliphatic rings. The van der Waals surface area contributed by atoms with Crippen molar-refractivity contribution in [2.75, 3.05) is 0 Å². The average molecular weight is 300 g/mol. The first kappa shape index (κ1) is 12.8. The maximum Gasteiger partial charge on any atom is 0.336 e. The molecule has 6 heteroatoms. The van der Waals surface area contributed by atoms with Crippen LogP contribution < -0.4 is 5.48 Å². The van der Waals surface area contributed by atoms with E-state index in [1.54, 1.807) is 24.3 Å². The zero-order valence-electron chi connectivity index (χ0n) is 9.82. The van der Waals surface area contributed by atoms with Gasteiger partial charge < -0.3 is 9.94 Å². The lowest BCUT2D eigenvalue weighted by Gasteiger charge is -2.23. The normalized spacial score (nSPS) is 25.9. The van der Waals surface area contributed by atoms with Crippen molar-refractivity contribution >= 4 is 29.2 Å². The lowest BCUT2D eigenvalue weighted by molar-refractivity contribution is -0.146. The van der Waals surface area contributed by atoms with Crippen LogP contribution in [-0.4, -0.2) is 11.1 Å². The summed E-state index contributed by atoms with van der Waals surface area (Å²) in [5.74, 6) is -0.147. The van der Waals surface area contributed by atoms with Gasteiger partial charge in [0.15, 0.2) is 5.54 Å². The molecular weight excluding hydrogens is 289 g/mol. The van der Waals surface area contributed by atoms with Gasteiger partial charge in [0.25, 0.3) is 0 Å². The second-order valence-electron chi connectivity index (χ2n) is 4.73. The predicted octanol–water partition coefficient (Wildman–Crippen LogP) is 3.10. The summed E-state index contributed by atoms with van der Waals surface area (Å²) >= 11 is 12.2. The van der Waals surface area contributed by atoms with Crippen LogP contribution in [0.2, 0.25) is 10.0 Å². The third-order valence-corrected chi connectivity index (χ3v) is 3.99. The van der Waals surface area contributed by atoms with Crippen molar-refractivity contribution in [1.82, 2.24) is 5.48 Å². The van der Waals surface area contributed by atoms with Gasteiger partial charge >= 0.3 is 5.97 Å². The minimum Gasteiger partial charge on any atom is -0.479 e. The smallest absolute Gasteiger partial charge is 0.336 e. The summed E-state index contributed by atoms with van der Waals surface area (Å²) in [6.45, 7) is 0. The molecule has 1 atom stereocenters. The van der Waals surface area contributed by atoms with Crippen LogP contribution in [0.3, 0.4) is 0 Å². The molecular formula is C13H11Cl2NO3. The van der Waals surface area contributed by atoms with Gasteiger partial charge in [-0.1, -0.05) is 29.3 Å². The van der Waals surface area contributed by atoms with Crippen molar-refractivity contribution in [2.45, 2.75) is 18.4 Å². The topological polar surface area (TPSA) is 58.6 Å². The number of hydrogen-bond acceptors (Lipinski definition) is 3. The van der Waals surface area contributed by atoms with Crippen molar-refractivity contribution in [3.05, 3.63) is 45.6 Å². The summed E-state index contributed by atoms with van der Waals surface area (Å²) in [6.07, 6.45) is 3.60. The lowest BCUT2D eigenvalue weighted by Crippen LogP contribution is -2.44. The molecule has 1 fully saturated rings. The number of hydroxylamine groups is 1. The summed E-state index contributed by atoms with van der Waals surface area (Å²) in [7, 11) is 0. The molecule has 2 N–H and O–H groups in total. The second-order valence-corrected chi connectivity index (χ2v) is 5.55. The quantitative estimate of drug-likeness (QED) is 0.900. The largest absolute Gasteiger partial charge is 0.479 e. The predicted molar refractivity (Wildman–Crippen MR) is 70.8 cm³/mol. The van der Waals surface area contributed by atoms with Crippen LogP contribution in [0.5, 0.6) is 0 Å². The molecule has 3 rings (SSSR count). The second kappa shape index (κ2) is 4.40. The maximum atomic E-state index is 11.7. The number of nitrogens with one attached hydrogen (secondary N) is 1. The van der Waals surface area contributed by atoms with Crippen LogP contribution in [0.25, 0.3) is 0 Å². The Morgan fingerprint density at radius 2 is 2.00 bits per heavy atom. The third-order valence-electron chi connectivity index (χ3n) is 3.36. The Morgan fingerprint density at radius 1 is 1.37 bits per heavy atom. The zero-order valence-corrected chi connectivity index (χ0v) is 11.3. The fraction of sp³-hybridized carbons (Fsp3) is 0.308. The van der Waals surface area contributed by atoms with Gasteiger partial charge in [-0.3, -0.25) is 0 Å². The number of allylic oxidation sites excluding steroid dienone is 1. The third kappa shape index (κ3) is 2.00. The number of aliphatic carboxylic acids is 1. The van der Waals surface area contributed by atoms with Gasteiger partial charge in [0.05, 0.1) is 0 Å². The number of halogens is 2. The van der Waals surface area contributed by atoms with E-state index in [2.05, 4.69) is 5.48 Å². The molecule has 1 saturated carbocycles. The summed E-state index contributed by atoms with van der Waals surface area (Å²) in [4.78, 5) is 17.0. The molecule has 0 spiro atoms. The Bertz CT molecular complexity index is 563. The van der Waals surface area contributed by atoms with Crippen LogP contribution in [0.15, 0.2) is 30.0 Å². The van der Waals surface area contributed by atoms with Gasteiger partial charge in [-0.2, -0.15) is 0 Å². The Morgan fingerprint density at radius 3 is 2.53 bits per heavy atom. The van der Waals surface area contributed by atoms with E-state index < -0.39 is 11.5 Å². The highest BCUT2D eigenvalue weighted by Gasteiger charge is 2.49. The molecule has 0 saturated heterocycles. The maximum absolute atomic E-state index is 11.7. The number of carboxylic acids is 1. The monoisotopic (exact) mass is 299 g/mol. The van der Waals surface area contributed by atoms with Gasteiger partial charge in [-0.15, -0.1) is 5.48 Å². The Labute approximate surface area is 119 Å². The molecule has 1 aliphatic carbocycles. The first-order chi connectivity index (χ1) is 9.04. The highest BCUT2D eigenvalue weighted by Crippen LogP contribution is 2.45. The van der Waals surface area contributed by atoms with Crippen molar-refractivity contribution in [2.24, 2.45) is 5.92 Å². The van der Waals surface area contributed by atoms with E-state index >= 15 is 0 Å². The summed E-state index contributed by atoms with van der Waals surface area (Å²) in [6, 6.07) is 4.89. The Kier molecular flexibility index (Phi) is 2.96. The summed E-state index contributed by atoms with van der Waals surface area (Å²) in [5, 5.41) is 10.2. The molecule has 1 aromatic carbocycles. The van der Waals surface area contributed by atoms with Crippen LogP contribution in [0.4, 0.5) is 0 Å². The van der Waals surface area contributed by atoms with Crippen molar-refractivity contribution < 1.29 is 14.7 Å². The lowest BCUT2D eigenvalue weighted by atomic mass is 9.90. The van der Waals surface area contributed by atoms with E-state index in [0.717, 1.165) is 12.8 Å². The fourth-order valence-corrected chi connectivity index (χ4v) is 2.89. The fourth-order valence-electron chi connectivity index (χ4n) is 2.19. The van der Waals surface area contributed by atoms with E-state index in [0.29, 0.717) is 27.3 Å². The van der Waals surface area contributed by atoms with E-state index in [4.69, 9.17) is 28.0 Å². The molecule has 19 heavy (non-hydrogen) atoms. The van der Waals surface area contributed by atoms with E-state index in [9.17, 15) is 9.90 Å². The van der Waals surface area contributed by atoms with Crippen LogP contribution in [0, 0.1) is 5.92 Å². The Balaban J connectivity index is 2.14. The molecule has 0 amide bonds. The van der Waals surface area contributed by atoms with E-state index in [-0.39, 0.29) is 0 Å². The molecule has 1 aromatic rings. The number of hydrogen-bond donors (Lipinski definition) is 2. The number of rotatable bonds is 3. The molecule has 100 valence electrons. The van der Waals surface area contributed by atoms with Crippen LogP contribution >= 0.6 is 23.2 Å². The first-order valence-electron chi connectivity index (χ1n) is 5.89. The van der Waals surface area contributed by atoms with Gasteiger partial charge in [0.1, 0.15) is 5.76 Å². The van der Waals surface area contributed by atoms with Crippen LogP contribution in [-0.2, 0) is 15.2 Å². The molecule has 1 heterocycles. The number of carboxylic acid groups (broad SMARTS) is 1. The highest BCUT2D eigenvalue weighted by molar-refractivity contribution is 6.36. The molecule has 0 radical (unpaired) electrons. The standard InChI is InChI=1S/C13H11Cl2NO3/c14-8-2-1-3-9(15)11(8)13(12(17)18)6-10(19-16-13)7-4-5-7/h1-3,6-7,16H,4-5H2,(H,17,18). The van der Waals surface area contributed by atoms with Gasteiger partial charge in [-0.05, 0) is 31.1 Å². The van der Waals surface area contributed by atoms with Crippen molar-refractivity contribution in [3.63, 3.8) is 0 Å². The molecule has 1 aliphatic heterocycles. The summed E-state index contributed by atoms with van der Waals surface area (Å²) < 4.78 is 0. The Hall–Kier alpha value is -1.23. The molecule has 0 bridgehead atoms. The van der Waals surface area contributed by atoms with Crippen molar-refractivity contribution in [1.29, 1.82) is 0 Å². The first-order valence-corrected chi connectivity index (χ1v) is 6.65. The SMILES string of the molecule is O=C(O)C1(c2c(Cl)cccc2Cl)C=C(C2CC2)ON1. The van der Waals surface area contributed by atoms with Gasteiger partial charge in [-0.25, -0.2) is 4.79 Å². The van der Waals surface area contributed by atoms with E-state index in [1.165, 1.54) is 0 Å². The minimum absolute atomic E-state index is 0.291. The number of carbonyl (C=O) groups is 1. The van der Waals surface area contributed by atoms with Crippen LogP contribution in [0.1, 0.15) is 18.4 Å². The number of benzene rings is 1. The van der Waals surface area contributed by atoms with E-state index in [1.807, 2.05) is 0 Å². The molecule has 0 aromatic heterocycles.